The molecule has 3 rings (SSSR count). The summed E-state index contributed by atoms with van der Waals surface area (Å²) in [5.41, 5.74) is 0.433. The minimum absolute atomic E-state index is 0.0720. The highest BCUT2D eigenvalue weighted by atomic mass is 19.1. The van der Waals surface area contributed by atoms with Gasteiger partial charge in [0.1, 0.15) is 11.6 Å². The number of hydrogen-bond acceptors (Lipinski definition) is 3. The Morgan fingerprint density at radius 2 is 2.23 bits per heavy atom. The van der Waals surface area contributed by atoms with Gasteiger partial charge in [-0.2, -0.15) is 5.10 Å². The molecule has 1 saturated heterocycles. The number of H-pyrrole nitrogens is 1. The summed E-state index contributed by atoms with van der Waals surface area (Å²) < 4.78 is 13.7. The molecule has 1 atom stereocenters. The van der Waals surface area contributed by atoms with Crippen LogP contribution in [0.2, 0.25) is 0 Å². The highest BCUT2D eigenvalue weighted by Crippen LogP contribution is 2.29. The number of aryl methyl sites for hydroxylation is 1. The Balaban J connectivity index is 1.78. The molecule has 1 amide bonds. The molecule has 0 spiro atoms. The lowest BCUT2D eigenvalue weighted by atomic mass is 10.00. The number of carbonyl (C=O) groups excluding carboxylic acids is 1. The van der Waals surface area contributed by atoms with Crippen LogP contribution < -0.4 is 0 Å². The van der Waals surface area contributed by atoms with Crippen LogP contribution in [0.1, 0.15) is 42.5 Å². The van der Waals surface area contributed by atoms with Gasteiger partial charge in [0.25, 0.3) is 0 Å². The van der Waals surface area contributed by atoms with Gasteiger partial charge in [-0.3, -0.25) is 9.89 Å². The summed E-state index contributed by atoms with van der Waals surface area (Å²) in [5.74, 6) is 0.983. The van der Waals surface area contributed by atoms with E-state index < -0.39 is 0 Å². The highest BCUT2D eigenvalue weighted by molar-refractivity contribution is 5.79. The highest BCUT2D eigenvalue weighted by Gasteiger charge is 2.30. The van der Waals surface area contributed by atoms with E-state index in [1.807, 2.05) is 6.92 Å². The number of amides is 1. The van der Waals surface area contributed by atoms with E-state index in [2.05, 4.69) is 15.2 Å². The Morgan fingerprint density at radius 3 is 2.95 bits per heavy atom. The zero-order valence-electron chi connectivity index (χ0n) is 12.6. The van der Waals surface area contributed by atoms with E-state index in [0.29, 0.717) is 17.9 Å². The van der Waals surface area contributed by atoms with Gasteiger partial charge >= 0.3 is 0 Å². The van der Waals surface area contributed by atoms with E-state index >= 15 is 0 Å². The molecule has 0 saturated carbocycles. The van der Waals surface area contributed by atoms with Crippen LogP contribution in [0.3, 0.4) is 0 Å². The first-order valence-corrected chi connectivity index (χ1v) is 7.57. The molecule has 1 aromatic carbocycles. The molecule has 2 heterocycles. The lowest BCUT2D eigenvalue weighted by Crippen LogP contribution is -2.40. The second-order valence-electron chi connectivity index (χ2n) is 5.65. The molecule has 1 fully saturated rings. The van der Waals surface area contributed by atoms with Crippen molar-refractivity contribution >= 4 is 5.91 Å². The Labute approximate surface area is 128 Å². The predicted molar refractivity (Wildman–Crippen MR) is 79.5 cm³/mol. The maximum absolute atomic E-state index is 13.7. The van der Waals surface area contributed by atoms with E-state index in [4.69, 9.17) is 0 Å². The number of carbonyl (C=O) groups is 1. The normalized spacial score (nSPS) is 18.5. The van der Waals surface area contributed by atoms with Gasteiger partial charge < -0.3 is 4.90 Å². The summed E-state index contributed by atoms with van der Waals surface area (Å²) >= 11 is 0. The summed E-state index contributed by atoms with van der Waals surface area (Å²) in [6.07, 6.45) is 2.93. The third-order valence-corrected chi connectivity index (χ3v) is 4.04. The van der Waals surface area contributed by atoms with Crippen molar-refractivity contribution in [1.29, 1.82) is 0 Å². The average molecular weight is 302 g/mol. The van der Waals surface area contributed by atoms with Crippen LogP contribution in [-0.2, 0) is 11.2 Å². The number of piperidine rings is 1. The van der Waals surface area contributed by atoms with Crippen LogP contribution in [-0.4, -0.2) is 32.5 Å². The standard InChI is InChI=1S/C16H19FN4O/c1-11-18-16(20-19-11)14-8-4-5-9-21(14)15(22)10-12-6-2-3-7-13(12)17/h2-3,6-7,14H,4-5,8-10H2,1H3,(H,18,19,20). The van der Waals surface area contributed by atoms with Crippen molar-refractivity contribution in [1.82, 2.24) is 20.1 Å². The lowest BCUT2D eigenvalue weighted by Gasteiger charge is -2.34. The summed E-state index contributed by atoms with van der Waals surface area (Å²) in [4.78, 5) is 18.8. The number of aromatic amines is 1. The zero-order chi connectivity index (χ0) is 15.5. The molecule has 2 aromatic rings. The second-order valence-corrected chi connectivity index (χ2v) is 5.65. The first-order valence-electron chi connectivity index (χ1n) is 7.57. The molecule has 1 N–H and O–H groups in total. The summed E-state index contributed by atoms with van der Waals surface area (Å²) in [5, 5.41) is 7.02. The van der Waals surface area contributed by atoms with Crippen molar-refractivity contribution in [2.24, 2.45) is 0 Å². The van der Waals surface area contributed by atoms with E-state index in [-0.39, 0.29) is 24.2 Å². The molecule has 0 bridgehead atoms. The first-order chi connectivity index (χ1) is 10.6. The van der Waals surface area contributed by atoms with Gasteiger partial charge in [-0.1, -0.05) is 18.2 Å². The summed E-state index contributed by atoms with van der Waals surface area (Å²) in [7, 11) is 0. The number of rotatable bonds is 3. The smallest absolute Gasteiger partial charge is 0.227 e. The van der Waals surface area contributed by atoms with Gasteiger partial charge in [0.05, 0.1) is 12.5 Å². The molecule has 1 aromatic heterocycles. The monoisotopic (exact) mass is 302 g/mol. The molecule has 1 unspecified atom stereocenters. The van der Waals surface area contributed by atoms with E-state index in [1.165, 1.54) is 6.07 Å². The molecular formula is C16H19FN4O. The van der Waals surface area contributed by atoms with E-state index in [9.17, 15) is 9.18 Å². The van der Waals surface area contributed by atoms with Crippen LogP contribution >= 0.6 is 0 Å². The van der Waals surface area contributed by atoms with Gasteiger partial charge in [0.2, 0.25) is 5.91 Å². The fourth-order valence-corrected chi connectivity index (χ4v) is 2.91. The molecule has 116 valence electrons. The topological polar surface area (TPSA) is 61.9 Å². The van der Waals surface area contributed by atoms with Gasteiger partial charge in [-0.05, 0) is 37.8 Å². The zero-order valence-corrected chi connectivity index (χ0v) is 12.6. The largest absolute Gasteiger partial charge is 0.332 e. The molecule has 5 nitrogen and oxygen atoms in total. The maximum atomic E-state index is 13.7. The number of aromatic nitrogens is 3. The minimum Gasteiger partial charge on any atom is -0.332 e. The Bertz CT molecular complexity index is 670. The van der Waals surface area contributed by atoms with Crippen LogP contribution in [0, 0.1) is 12.7 Å². The number of benzene rings is 1. The van der Waals surface area contributed by atoms with E-state index in [1.54, 1.807) is 23.1 Å². The number of halogens is 1. The van der Waals surface area contributed by atoms with Gasteiger partial charge in [0, 0.05) is 6.54 Å². The van der Waals surface area contributed by atoms with Crippen molar-refractivity contribution in [2.75, 3.05) is 6.54 Å². The van der Waals surface area contributed by atoms with Gasteiger partial charge in [-0.25, -0.2) is 9.37 Å². The van der Waals surface area contributed by atoms with Crippen molar-refractivity contribution in [3.05, 3.63) is 47.3 Å². The van der Waals surface area contributed by atoms with Crippen molar-refractivity contribution in [3.8, 4) is 0 Å². The van der Waals surface area contributed by atoms with Gasteiger partial charge in [0.15, 0.2) is 5.82 Å². The molecule has 1 aliphatic heterocycles. The number of nitrogens with zero attached hydrogens (tertiary/aromatic N) is 3. The maximum Gasteiger partial charge on any atom is 0.227 e. The fraction of sp³-hybridized carbons (Fsp3) is 0.438. The SMILES string of the molecule is Cc1nc(C2CCCCN2C(=O)Cc2ccccc2F)n[nH]1. The number of nitrogens with one attached hydrogen (secondary N) is 1. The number of hydrogen-bond donors (Lipinski definition) is 1. The minimum atomic E-state index is -0.335. The lowest BCUT2D eigenvalue weighted by molar-refractivity contribution is -0.134. The predicted octanol–water partition coefficient (Wildman–Crippen LogP) is 2.55. The molecule has 0 radical (unpaired) electrons. The summed E-state index contributed by atoms with van der Waals surface area (Å²) in [6.45, 7) is 2.51. The third-order valence-electron chi connectivity index (χ3n) is 4.04. The Hall–Kier alpha value is -2.24. The van der Waals surface area contributed by atoms with Crippen LogP contribution in [0.15, 0.2) is 24.3 Å². The average Bonchev–Trinajstić information content (AvgIpc) is 2.96. The van der Waals surface area contributed by atoms with Crippen LogP contribution in [0.4, 0.5) is 4.39 Å². The van der Waals surface area contributed by atoms with Gasteiger partial charge in [-0.15, -0.1) is 0 Å². The third kappa shape index (κ3) is 3.00. The van der Waals surface area contributed by atoms with Crippen molar-refractivity contribution < 1.29 is 9.18 Å². The first kappa shape index (κ1) is 14.7. The quantitative estimate of drug-likeness (QED) is 0.947. The Morgan fingerprint density at radius 1 is 1.41 bits per heavy atom. The molecule has 0 aliphatic carbocycles. The van der Waals surface area contributed by atoms with Crippen LogP contribution in [0.5, 0.6) is 0 Å². The van der Waals surface area contributed by atoms with Crippen LogP contribution in [0.25, 0.3) is 0 Å². The van der Waals surface area contributed by atoms with Crippen molar-refractivity contribution in [3.63, 3.8) is 0 Å². The molecule has 1 aliphatic rings. The molecule has 22 heavy (non-hydrogen) atoms. The molecule has 6 heteroatoms. The Kier molecular flexibility index (Phi) is 4.18. The number of likely N-dealkylation sites (tertiary alicyclic amines) is 1. The van der Waals surface area contributed by atoms with E-state index in [0.717, 1.165) is 25.1 Å². The fourth-order valence-electron chi connectivity index (χ4n) is 2.91. The summed E-state index contributed by atoms with van der Waals surface area (Å²) in [6, 6.07) is 6.30. The second kappa shape index (κ2) is 6.25. The molecular weight excluding hydrogens is 283 g/mol. The van der Waals surface area contributed by atoms with Crippen molar-refractivity contribution in [2.45, 2.75) is 38.6 Å².